The summed E-state index contributed by atoms with van der Waals surface area (Å²) in [5.41, 5.74) is 9.37. The fourth-order valence-electron chi connectivity index (χ4n) is 3.06. The SMILES string of the molecule is COc1ccc(CCc2nc(N)c(C#N)c(-c3cccc(Cl)c3)c2C#N)cc1. The predicted octanol–water partition coefficient (Wildman–Crippen LogP) is 4.52. The minimum atomic E-state index is 0.112. The van der Waals surface area contributed by atoms with E-state index in [9.17, 15) is 10.5 Å². The Bertz CT molecular complexity index is 1100. The van der Waals surface area contributed by atoms with Gasteiger partial charge in [0.2, 0.25) is 0 Å². The molecule has 0 amide bonds. The number of rotatable bonds is 5. The van der Waals surface area contributed by atoms with Gasteiger partial charge < -0.3 is 10.5 Å². The smallest absolute Gasteiger partial charge is 0.142 e. The van der Waals surface area contributed by atoms with Gasteiger partial charge in [0, 0.05) is 10.6 Å². The van der Waals surface area contributed by atoms with Gasteiger partial charge in [0.15, 0.2) is 0 Å². The maximum atomic E-state index is 9.82. The molecular weight excluding hydrogens is 372 g/mol. The van der Waals surface area contributed by atoms with E-state index in [1.165, 1.54) is 0 Å². The number of nitriles is 2. The van der Waals surface area contributed by atoms with Crippen molar-refractivity contribution in [2.24, 2.45) is 0 Å². The van der Waals surface area contributed by atoms with Crippen molar-refractivity contribution in [1.82, 2.24) is 4.98 Å². The third-order valence-electron chi connectivity index (χ3n) is 4.45. The summed E-state index contributed by atoms with van der Waals surface area (Å²) in [6.07, 6.45) is 1.19. The molecule has 0 bridgehead atoms. The van der Waals surface area contributed by atoms with Gasteiger partial charge in [-0.1, -0.05) is 35.9 Å². The van der Waals surface area contributed by atoms with Crippen LogP contribution in [0, 0.1) is 22.7 Å². The van der Waals surface area contributed by atoms with Gasteiger partial charge in [-0.25, -0.2) is 4.98 Å². The summed E-state index contributed by atoms with van der Waals surface area (Å²) < 4.78 is 5.17. The monoisotopic (exact) mass is 388 g/mol. The molecular formula is C22H17ClN4O. The zero-order valence-electron chi connectivity index (χ0n) is 15.2. The van der Waals surface area contributed by atoms with Gasteiger partial charge in [-0.15, -0.1) is 0 Å². The Morgan fingerprint density at radius 2 is 1.75 bits per heavy atom. The summed E-state index contributed by atoms with van der Waals surface area (Å²) >= 11 is 6.11. The van der Waals surface area contributed by atoms with E-state index in [-0.39, 0.29) is 11.4 Å². The number of aromatic nitrogens is 1. The van der Waals surface area contributed by atoms with Crippen LogP contribution in [0.15, 0.2) is 48.5 Å². The first-order valence-electron chi connectivity index (χ1n) is 8.58. The molecule has 0 unspecified atom stereocenters. The van der Waals surface area contributed by atoms with Crippen LogP contribution >= 0.6 is 11.6 Å². The number of pyridine rings is 1. The minimum Gasteiger partial charge on any atom is -0.497 e. The quantitative estimate of drug-likeness (QED) is 0.693. The zero-order chi connectivity index (χ0) is 20.1. The van der Waals surface area contributed by atoms with E-state index in [2.05, 4.69) is 17.1 Å². The van der Waals surface area contributed by atoms with Gasteiger partial charge in [0.05, 0.1) is 18.4 Å². The van der Waals surface area contributed by atoms with Crippen LogP contribution in [0.4, 0.5) is 5.82 Å². The molecule has 0 aliphatic heterocycles. The van der Waals surface area contributed by atoms with E-state index in [0.717, 1.165) is 11.3 Å². The molecule has 0 fully saturated rings. The largest absolute Gasteiger partial charge is 0.497 e. The number of benzene rings is 2. The summed E-state index contributed by atoms with van der Waals surface area (Å²) in [6.45, 7) is 0. The number of ether oxygens (including phenoxy) is 1. The Morgan fingerprint density at radius 3 is 2.36 bits per heavy atom. The number of nitrogens with two attached hydrogens (primary N) is 1. The van der Waals surface area contributed by atoms with Crippen LogP contribution in [0.3, 0.4) is 0 Å². The molecule has 2 aromatic carbocycles. The summed E-state index contributed by atoms with van der Waals surface area (Å²) in [5, 5.41) is 19.9. The number of anilines is 1. The maximum Gasteiger partial charge on any atom is 0.142 e. The molecule has 0 atom stereocenters. The number of hydrogen-bond donors (Lipinski definition) is 1. The molecule has 28 heavy (non-hydrogen) atoms. The maximum absolute atomic E-state index is 9.82. The average molecular weight is 389 g/mol. The topological polar surface area (TPSA) is 95.7 Å². The summed E-state index contributed by atoms with van der Waals surface area (Å²) in [7, 11) is 1.62. The lowest BCUT2D eigenvalue weighted by Crippen LogP contribution is -2.07. The van der Waals surface area contributed by atoms with Crippen LogP contribution < -0.4 is 10.5 Å². The molecule has 2 N–H and O–H groups in total. The van der Waals surface area contributed by atoms with E-state index < -0.39 is 0 Å². The van der Waals surface area contributed by atoms with Crippen molar-refractivity contribution in [3.8, 4) is 29.0 Å². The lowest BCUT2D eigenvalue weighted by atomic mass is 9.93. The van der Waals surface area contributed by atoms with Gasteiger partial charge in [0.25, 0.3) is 0 Å². The fraction of sp³-hybridized carbons (Fsp3) is 0.136. The Kier molecular flexibility index (Phi) is 5.79. The third kappa shape index (κ3) is 3.91. The molecule has 0 aliphatic rings. The van der Waals surface area contributed by atoms with Gasteiger partial charge in [-0.3, -0.25) is 0 Å². The normalized spacial score (nSPS) is 10.1. The summed E-state index contributed by atoms with van der Waals surface area (Å²) in [4.78, 5) is 4.35. The highest BCUT2D eigenvalue weighted by Gasteiger charge is 2.20. The fourth-order valence-corrected chi connectivity index (χ4v) is 3.25. The van der Waals surface area contributed by atoms with Gasteiger partial charge in [-0.05, 0) is 48.2 Å². The van der Waals surface area contributed by atoms with Crippen molar-refractivity contribution in [2.45, 2.75) is 12.8 Å². The van der Waals surface area contributed by atoms with Gasteiger partial charge in [-0.2, -0.15) is 10.5 Å². The van der Waals surface area contributed by atoms with Crippen LogP contribution in [0.1, 0.15) is 22.4 Å². The van der Waals surface area contributed by atoms with Crippen LogP contribution in [0.2, 0.25) is 5.02 Å². The summed E-state index contributed by atoms with van der Waals surface area (Å²) in [6, 6.07) is 19.0. The molecule has 138 valence electrons. The van der Waals surface area contributed by atoms with E-state index in [1.807, 2.05) is 24.3 Å². The Labute approximate surface area is 168 Å². The molecule has 3 aromatic rings. The van der Waals surface area contributed by atoms with Crippen LogP contribution in [-0.4, -0.2) is 12.1 Å². The first-order valence-corrected chi connectivity index (χ1v) is 8.96. The van der Waals surface area contributed by atoms with Crippen molar-refractivity contribution >= 4 is 17.4 Å². The van der Waals surface area contributed by atoms with E-state index >= 15 is 0 Å². The van der Waals surface area contributed by atoms with E-state index in [4.69, 9.17) is 22.1 Å². The van der Waals surface area contributed by atoms with Crippen molar-refractivity contribution < 1.29 is 4.74 Å². The standard InChI is InChI=1S/C22H17ClN4O/c1-28-17-8-5-14(6-9-17)7-10-20-18(12-24)21(19(13-25)22(26)27-20)15-3-2-4-16(23)11-15/h2-6,8-9,11H,7,10H2,1H3,(H2,26,27). The molecule has 6 heteroatoms. The van der Waals surface area contributed by atoms with Crippen molar-refractivity contribution in [3.05, 3.63) is 75.9 Å². The van der Waals surface area contributed by atoms with E-state index in [1.54, 1.807) is 31.4 Å². The molecule has 1 aromatic heterocycles. The molecule has 1 heterocycles. The second-order valence-electron chi connectivity index (χ2n) is 6.15. The number of hydrogen-bond acceptors (Lipinski definition) is 5. The number of methoxy groups -OCH3 is 1. The molecule has 0 saturated heterocycles. The highest BCUT2D eigenvalue weighted by Crippen LogP contribution is 2.33. The third-order valence-corrected chi connectivity index (χ3v) is 4.68. The second-order valence-corrected chi connectivity index (χ2v) is 6.59. The van der Waals surface area contributed by atoms with Gasteiger partial charge >= 0.3 is 0 Å². The number of halogens is 1. The van der Waals surface area contributed by atoms with Crippen LogP contribution in [0.25, 0.3) is 11.1 Å². The number of nitrogen functional groups attached to an aromatic ring is 1. The Hall–Kier alpha value is -3.54. The van der Waals surface area contributed by atoms with Crippen molar-refractivity contribution in [1.29, 1.82) is 10.5 Å². The van der Waals surface area contributed by atoms with Gasteiger partial charge in [0.1, 0.15) is 29.3 Å². The first kappa shape index (κ1) is 19.2. The van der Waals surface area contributed by atoms with Crippen molar-refractivity contribution in [2.75, 3.05) is 12.8 Å². The van der Waals surface area contributed by atoms with Crippen molar-refractivity contribution in [3.63, 3.8) is 0 Å². The van der Waals surface area contributed by atoms with Crippen LogP contribution in [-0.2, 0) is 12.8 Å². The minimum absolute atomic E-state index is 0.112. The molecule has 3 rings (SSSR count). The molecule has 0 spiro atoms. The number of aryl methyl sites for hydroxylation is 2. The molecule has 5 nitrogen and oxygen atoms in total. The molecule has 0 saturated carbocycles. The highest BCUT2D eigenvalue weighted by atomic mass is 35.5. The summed E-state index contributed by atoms with van der Waals surface area (Å²) in [5.74, 6) is 0.895. The second kappa shape index (κ2) is 8.43. The first-order chi connectivity index (χ1) is 13.6. The lowest BCUT2D eigenvalue weighted by Gasteiger charge is -2.13. The lowest BCUT2D eigenvalue weighted by molar-refractivity contribution is 0.414. The highest BCUT2D eigenvalue weighted by molar-refractivity contribution is 6.30. The molecule has 0 radical (unpaired) electrons. The van der Waals surface area contributed by atoms with E-state index in [0.29, 0.717) is 40.2 Å². The predicted molar refractivity (Wildman–Crippen MR) is 109 cm³/mol. The molecule has 0 aliphatic carbocycles. The van der Waals surface area contributed by atoms with Crippen LogP contribution in [0.5, 0.6) is 5.75 Å². The number of nitrogens with zero attached hydrogens (tertiary/aromatic N) is 3. The Morgan fingerprint density at radius 1 is 1.04 bits per heavy atom. The Balaban J connectivity index is 2.04. The average Bonchev–Trinajstić information content (AvgIpc) is 2.72. The zero-order valence-corrected chi connectivity index (χ0v) is 16.0.